The summed E-state index contributed by atoms with van der Waals surface area (Å²) in [5, 5.41) is 13.8. The van der Waals surface area contributed by atoms with E-state index in [1.165, 1.54) is 0 Å². The zero-order valence-corrected chi connectivity index (χ0v) is 15.2. The van der Waals surface area contributed by atoms with E-state index in [4.69, 9.17) is 9.47 Å². The Balaban J connectivity index is 1.63. The standard InChI is InChI=1S/C20H21FN2O5/c21-16-6-7-17(23(25)26)18(12-16)28-13-19(24)22-14-20(8-10-27-11-9-20)15-4-2-1-3-5-15/h1-7,12H,8-11,13-14H2,(H,22,24). The second kappa shape index (κ2) is 8.79. The molecule has 2 aromatic rings. The maximum Gasteiger partial charge on any atom is 0.311 e. The van der Waals surface area contributed by atoms with E-state index >= 15 is 0 Å². The van der Waals surface area contributed by atoms with Crippen LogP contribution in [-0.2, 0) is 14.9 Å². The lowest BCUT2D eigenvalue weighted by atomic mass is 9.74. The number of rotatable bonds is 7. The fraction of sp³-hybridized carbons (Fsp3) is 0.350. The molecule has 1 amide bonds. The normalized spacial score (nSPS) is 15.6. The van der Waals surface area contributed by atoms with Crippen molar-refractivity contribution in [3.05, 3.63) is 70.0 Å². The number of nitro groups is 1. The zero-order valence-electron chi connectivity index (χ0n) is 15.2. The molecule has 1 aliphatic rings. The summed E-state index contributed by atoms with van der Waals surface area (Å²) in [6.07, 6.45) is 1.54. The highest BCUT2D eigenvalue weighted by Crippen LogP contribution is 2.34. The third kappa shape index (κ3) is 4.64. The van der Waals surface area contributed by atoms with Gasteiger partial charge in [-0.2, -0.15) is 0 Å². The Morgan fingerprint density at radius 1 is 1.21 bits per heavy atom. The van der Waals surface area contributed by atoms with Gasteiger partial charge < -0.3 is 14.8 Å². The molecule has 0 bridgehead atoms. The second-order valence-electron chi connectivity index (χ2n) is 6.69. The maximum absolute atomic E-state index is 13.3. The van der Waals surface area contributed by atoms with Crippen LogP contribution in [0.15, 0.2) is 48.5 Å². The smallest absolute Gasteiger partial charge is 0.311 e. The molecule has 28 heavy (non-hydrogen) atoms. The molecule has 8 heteroatoms. The molecule has 0 spiro atoms. The topological polar surface area (TPSA) is 90.7 Å². The molecule has 2 aromatic carbocycles. The summed E-state index contributed by atoms with van der Waals surface area (Å²) in [5.41, 5.74) is 0.500. The van der Waals surface area contributed by atoms with Crippen LogP contribution >= 0.6 is 0 Å². The molecule has 1 heterocycles. The molecule has 0 unspecified atom stereocenters. The van der Waals surface area contributed by atoms with Gasteiger partial charge in [-0.25, -0.2) is 4.39 Å². The highest BCUT2D eigenvalue weighted by molar-refractivity contribution is 5.77. The van der Waals surface area contributed by atoms with Crippen molar-refractivity contribution in [3.63, 3.8) is 0 Å². The number of hydrogen-bond acceptors (Lipinski definition) is 5. The average Bonchev–Trinajstić information content (AvgIpc) is 2.72. The summed E-state index contributed by atoms with van der Waals surface area (Å²) in [4.78, 5) is 22.6. The van der Waals surface area contributed by atoms with Gasteiger partial charge in [-0.1, -0.05) is 30.3 Å². The number of carbonyl (C=O) groups excluding carboxylic acids is 1. The minimum absolute atomic E-state index is 0.236. The Hall–Kier alpha value is -3.00. The number of benzene rings is 2. The quantitative estimate of drug-likeness (QED) is 0.582. The van der Waals surface area contributed by atoms with Gasteiger partial charge >= 0.3 is 5.69 Å². The summed E-state index contributed by atoms with van der Waals surface area (Å²) >= 11 is 0. The van der Waals surface area contributed by atoms with Gasteiger partial charge in [0.2, 0.25) is 5.75 Å². The van der Waals surface area contributed by atoms with Crippen LogP contribution in [0.25, 0.3) is 0 Å². The van der Waals surface area contributed by atoms with Gasteiger partial charge in [0.05, 0.1) is 4.92 Å². The largest absolute Gasteiger partial charge is 0.477 e. The van der Waals surface area contributed by atoms with Crippen molar-refractivity contribution in [1.82, 2.24) is 5.32 Å². The van der Waals surface area contributed by atoms with Crippen LogP contribution in [0.5, 0.6) is 5.75 Å². The minimum Gasteiger partial charge on any atom is -0.477 e. The van der Waals surface area contributed by atoms with Crippen molar-refractivity contribution in [1.29, 1.82) is 0 Å². The van der Waals surface area contributed by atoms with E-state index in [-0.39, 0.29) is 16.9 Å². The Bertz CT molecular complexity index is 838. The Morgan fingerprint density at radius 2 is 1.93 bits per heavy atom. The molecular weight excluding hydrogens is 367 g/mol. The van der Waals surface area contributed by atoms with Crippen molar-refractivity contribution in [2.75, 3.05) is 26.4 Å². The molecule has 0 radical (unpaired) electrons. The number of nitrogens with zero attached hydrogens (tertiary/aromatic N) is 1. The molecule has 1 N–H and O–H groups in total. The molecule has 0 aliphatic carbocycles. The maximum atomic E-state index is 13.3. The number of carbonyl (C=O) groups is 1. The van der Waals surface area contributed by atoms with Gasteiger partial charge in [-0.3, -0.25) is 14.9 Å². The molecule has 1 saturated heterocycles. The Morgan fingerprint density at radius 3 is 2.61 bits per heavy atom. The van der Waals surface area contributed by atoms with E-state index in [2.05, 4.69) is 5.32 Å². The van der Waals surface area contributed by atoms with Crippen molar-refractivity contribution in [2.24, 2.45) is 0 Å². The van der Waals surface area contributed by atoms with Gasteiger partial charge in [0.1, 0.15) is 5.82 Å². The van der Waals surface area contributed by atoms with E-state index < -0.39 is 23.3 Å². The number of amides is 1. The van der Waals surface area contributed by atoms with Gasteiger partial charge in [0.15, 0.2) is 6.61 Å². The SMILES string of the molecule is O=C(COc1cc(F)ccc1[N+](=O)[O-])NCC1(c2ccccc2)CCOCC1. The first-order valence-electron chi connectivity index (χ1n) is 8.97. The summed E-state index contributed by atoms with van der Waals surface area (Å²) in [7, 11) is 0. The van der Waals surface area contributed by atoms with Crippen LogP contribution in [0.1, 0.15) is 18.4 Å². The second-order valence-corrected chi connectivity index (χ2v) is 6.69. The van der Waals surface area contributed by atoms with Gasteiger partial charge in [0, 0.05) is 37.3 Å². The van der Waals surface area contributed by atoms with E-state index in [0.29, 0.717) is 19.8 Å². The number of ether oxygens (including phenoxy) is 2. The fourth-order valence-electron chi connectivity index (χ4n) is 3.34. The summed E-state index contributed by atoms with van der Waals surface area (Å²) in [6, 6.07) is 12.8. The first kappa shape index (κ1) is 19.8. The van der Waals surface area contributed by atoms with E-state index in [0.717, 1.165) is 36.6 Å². The zero-order chi connectivity index (χ0) is 20.0. The fourth-order valence-corrected chi connectivity index (χ4v) is 3.34. The van der Waals surface area contributed by atoms with Crippen molar-refractivity contribution >= 4 is 11.6 Å². The molecular formula is C20H21FN2O5. The molecule has 0 saturated carbocycles. The number of hydrogen-bond donors (Lipinski definition) is 1. The molecule has 1 aliphatic heterocycles. The lowest BCUT2D eigenvalue weighted by Gasteiger charge is -2.38. The van der Waals surface area contributed by atoms with Crippen LogP contribution in [-0.4, -0.2) is 37.2 Å². The first-order chi connectivity index (χ1) is 13.5. The van der Waals surface area contributed by atoms with Crippen LogP contribution in [0.4, 0.5) is 10.1 Å². The molecule has 0 aromatic heterocycles. The predicted molar refractivity (Wildman–Crippen MR) is 99.7 cm³/mol. The third-order valence-electron chi connectivity index (χ3n) is 4.94. The predicted octanol–water partition coefficient (Wildman–Crippen LogP) is 2.98. The third-order valence-corrected chi connectivity index (χ3v) is 4.94. The van der Waals surface area contributed by atoms with Crippen molar-refractivity contribution < 1.29 is 23.6 Å². The van der Waals surface area contributed by atoms with Crippen LogP contribution < -0.4 is 10.1 Å². The monoisotopic (exact) mass is 388 g/mol. The number of nitro benzene ring substituents is 1. The van der Waals surface area contributed by atoms with E-state index in [1.807, 2.05) is 30.3 Å². The van der Waals surface area contributed by atoms with Crippen LogP contribution in [0, 0.1) is 15.9 Å². The molecule has 1 fully saturated rings. The van der Waals surface area contributed by atoms with E-state index in [1.54, 1.807) is 0 Å². The molecule has 3 rings (SSSR count). The van der Waals surface area contributed by atoms with Crippen LogP contribution in [0.2, 0.25) is 0 Å². The Labute approximate surface area is 161 Å². The van der Waals surface area contributed by atoms with Crippen LogP contribution in [0.3, 0.4) is 0 Å². The molecule has 0 atom stereocenters. The first-order valence-corrected chi connectivity index (χ1v) is 8.97. The molecule has 7 nitrogen and oxygen atoms in total. The van der Waals surface area contributed by atoms with Gasteiger partial charge in [0.25, 0.3) is 5.91 Å². The molecule has 148 valence electrons. The van der Waals surface area contributed by atoms with Crippen molar-refractivity contribution in [2.45, 2.75) is 18.3 Å². The highest BCUT2D eigenvalue weighted by Gasteiger charge is 2.34. The van der Waals surface area contributed by atoms with Crippen molar-refractivity contribution in [3.8, 4) is 5.75 Å². The number of halogens is 1. The summed E-state index contributed by atoms with van der Waals surface area (Å²) in [6.45, 7) is 1.17. The minimum atomic E-state index is -0.681. The summed E-state index contributed by atoms with van der Waals surface area (Å²) in [5.74, 6) is -1.38. The average molecular weight is 388 g/mol. The van der Waals surface area contributed by atoms with Gasteiger partial charge in [-0.15, -0.1) is 0 Å². The summed E-state index contributed by atoms with van der Waals surface area (Å²) < 4.78 is 24.0. The van der Waals surface area contributed by atoms with Gasteiger partial charge in [-0.05, 0) is 24.5 Å². The van der Waals surface area contributed by atoms with E-state index in [9.17, 15) is 19.3 Å². The lowest BCUT2D eigenvalue weighted by molar-refractivity contribution is -0.385. The highest BCUT2D eigenvalue weighted by atomic mass is 19.1. The Kier molecular flexibility index (Phi) is 6.20. The lowest BCUT2D eigenvalue weighted by Crippen LogP contribution is -2.45. The number of nitrogens with one attached hydrogen (secondary N) is 1.